The molecule has 0 radical (unpaired) electrons. The van der Waals surface area contributed by atoms with Crippen molar-refractivity contribution >= 4 is 46.2 Å². The van der Waals surface area contributed by atoms with Gasteiger partial charge in [-0.3, -0.25) is 14.4 Å². The molecular weight excluding hydrogens is 516 g/mol. The van der Waals surface area contributed by atoms with Gasteiger partial charge >= 0.3 is 0 Å². The second-order valence-electron chi connectivity index (χ2n) is 10.7. The highest BCUT2D eigenvalue weighted by molar-refractivity contribution is 8.02. The first kappa shape index (κ1) is 25.8. The Morgan fingerprint density at radius 1 is 1.15 bits per heavy atom. The highest BCUT2D eigenvalue weighted by atomic mass is 32.2. The van der Waals surface area contributed by atoms with E-state index in [0.717, 1.165) is 17.5 Å². The van der Waals surface area contributed by atoms with Crippen molar-refractivity contribution in [1.82, 2.24) is 25.2 Å². The van der Waals surface area contributed by atoms with E-state index < -0.39 is 28.7 Å². The van der Waals surface area contributed by atoms with E-state index in [9.17, 15) is 19.5 Å². The Kier molecular flexibility index (Phi) is 6.58. The van der Waals surface area contributed by atoms with Gasteiger partial charge in [0.2, 0.25) is 17.7 Å². The van der Waals surface area contributed by atoms with Crippen molar-refractivity contribution in [2.24, 2.45) is 17.8 Å². The van der Waals surface area contributed by atoms with E-state index in [1.807, 2.05) is 61.5 Å². The molecular formula is C28H32N6O4S. The maximum atomic E-state index is 14.2. The van der Waals surface area contributed by atoms with Crippen LogP contribution in [0.2, 0.25) is 0 Å². The molecule has 1 aromatic heterocycles. The van der Waals surface area contributed by atoms with Crippen LogP contribution in [-0.2, 0) is 21.1 Å². The lowest BCUT2D eigenvalue weighted by Crippen LogP contribution is -2.58. The number of fused-ring (bicyclic) bond motifs is 2. The predicted molar refractivity (Wildman–Crippen MR) is 147 cm³/mol. The van der Waals surface area contributed by atoms with Crippen LogP contribution in [-0.4, -0.2) is 71.4 Å². The van der Waals surface area contributed by atoms with E-state index in [-0.39, 0.29) is 42.2 Å². The van der Waals surface area contributed by atoms with Gasteiger partial charge in [-0.25, -0.2) is 4.68 Å². The second-order valence-corrected chi connectivity index (χ2v) is 12.2. The summed E-state index contributed by atoms with van der Waals surface area (Å²) < 4.78 is 0.850. The average Bonchev–Trinajstić information content (AvgIpc) is 3.66. The fraction of sp³-hybridized carbons (Fsp3) is 0.464. The first-order chi connectivity index (χ1) is 18.9. The van der Waals surface area contributed by atoms with Crippen LogP contribution in [0.5, 0.6) is 0 Å². The van der Waals surface area contributed by atoms with Gasteiger partial charge in [0.1, 0.15) is 18.2 Å². The predicted octanol–water partition coefficient (Wildman–Crippen LogP) is 2.25. The summed E-state index contributed by atoms with van der Waals surface area (Å²) in [6.07, 6.45) is 1.23. The molecule has 3 fully saturated rings. The van der Waals surface area contributed by atoms with Gasteiger partial charge < -0.3 is 20.6 Å². The zero-order valence-electron chi connectivity index (χ0n) is 21.9. The molecule has 3 saturated heterocycles. The number of carbonyl (C=O) groups excluding carboxylic acids is 3. The molecule has 3 aliphatic rings. The summed E-state index contributed by atoms with van der Waals surface area (Å²) in [5.74, 6) is -1.90. The molecule has 7 atom stereocenters. The SMILES string of the molecule is CC[C@@H](CO)N1C(=O)[C@@H]2[C@@H](C(=O)Nc3ccccc3)[C@H]3CC(C)C2(S3)C1C(=O)NCn1nnc2ccccc21. The standard InChI is InChI=1S/C28H32N6O4S/c1-3-18(14-35)34-24(26(37)29-15-33-20-12-8-7-11-19(20)31-32-33)28-16(2)13-21(39-28)22(23(28)27(34)38)25(36)30-17-9-5-4-6-10-17/h4-12,16,18,21-24,35H,3,13-15H2,1-2H3,(H,29,37)(H,30,36)/t16?,18-,21+,22-,23-,24?,28?/m0/s1. The third-order valence-electron chi connectivity index (χ3n) is 8.67. The number of anilines is 1. The van der Waals surface area contributed by atoms with E-state index >= 15 is 0 Å². The van der Waals surface area contributed by atoms with Crippen molar-refractivity contribution in [1.29, 1.82) is 0 Å². The molecule has 3 aromatic rings. The zero-order chi connectivity index (χ0) is 27.3. The summed E-state index contributed by atoms with van der Waals surface area (Å²) in [6, 6.07) is 15.4. The summed E-state index contributed by atoms with van der Waals surface area (Å²) in [5, 5.41) is 24.5. The second kappa shape index (κ2) is 9.95. The molecule has 3 amide bonds. The van der Waals surface area contributed by atoms with Crippen molar-refractivity contribution in [3.63, 3.8) is 0 Å². The van der Waals surface area contributed by atoms with E-state index in [2.05, 4.69) is 27.9 Å². The summed E-state index contributed by atoms with van der Waals surface area (Å²) in [6.45, 7) is 3.80. The van der Waals surface area contributed by atoms with Gasteiger partial charge in [0.05, 0.1) is 34.7 Å². The van der Waals surface area contributed by atoms with Gasteiger partial charge in [0, 0.05) is 10.9 Å². The number of nitrogens with zero attached hydrogens (tertiary/aromatic N) is 4. The molecule has 39 heavy (non-hydrogen) atoms. The Morgan fingerprint density at radius 3 is 2.64 bits per heavy atom. The number of aliphatic hydroxyl groups excluding tert-OH is 1. The van der Waals surface area contributed by atoms with Crippen LogP contribution in [0.4, 0.5) is 5.69 Å². The number of hydrogen-bond donors (Lipinski definition) is 3. The molecule has 6 rings (SSSR count). The van der Waals surface area contributed by atoms with E-state index in [4.69, 9.17) is 0 Å². The molecule has 2 aromatic carbocycles. The Hall–Kier alpha value is -3.44. The zero-order valence-corrected chi connectivity index (χ0v) is 22.7. The summed E-state index contributed by atoms with van der Waals surface area (Å²) in [7, 11) is 0. The molecule has 3 unspecified atom stereocenters. The van der Waals surface area contributed by atoms with Crippen LogP contribution in [0.15, 0.2) is 54.6 Å². The van der Waals surface area contributed by atoms with Crippen molar-refractivity contribution in [2.75, 3.05) is 11.9 Å². The third kappa shape index (κ3) is 3.93. The summed E-state index contributed by atoms with van der Waals surface area (Å²) in [4.78, 5) is 43.4. The fourth-order valence-electron chi connectivity index (χ4n) is 6.90. The fourth-order valence-corrected chi connectivity index (χ4v) is 9.31. The third-order valence-corrected chi connectivity index (χ3v) is 10.8. The number of likely N-dealkylation sites (tertiary alicyclic amines) is 1. The number of hydrogen-bond acceptors (Lipinski definition) is 7. The molecule has 10 nitrogen and oxygen atoms in total. The number of amides is 3. The molecule has 11 heteroatoms. The number of benzene rings is 2. The van der Waals surface area contributed by atoms with E-state index in [1.54, 1.807) is 21.3 Å². The van der Waals surface area contributed by atoms with Crippen LogP contribution in [0.3, 0.4) is 0 Å². The molecule has 204 valence electrons. The molecule has 2 bridgehead atoms. The first-order valence-corrected chi connectivity index (χ1v) is 14.3. The largest absolute Gasteiger partial charge is 0.394 e. The first-order valence-electron chi connectivity index (χ1n) is 13.4. The van der Waals surface area contributed by atoms with Crippen LogP contribution in [0.1, 0.15) is 26.7 Å². The van der Waals surface area contributed by atoms with Gasteiger partial charge in [-0.05, 0) is 43.0 Å². The minimum absolute atomic E-state index is 0.0337. The van der Waals surface area contributed by atoms with E-state index in [1.165, 1.54) is 0 Å². The lowest BCUT2D eigenvalue weighted by molar-refractivity contribution is -0.142. The molecule has 0 aliphatic carbocycles. The average molecular weight is 549 g/mol. The minimum atomic E-state index is -0.818. The van der Waals surface area contributed by atoms with Crippen LogP contribution in [0.25, 0.3) is 11.0 Å². The Balaban J connectivity index is 1.33. The monoisotopic (exact) mass is 548 g/mol. The van der Waals surface area contributed by atoms with Gasteiger partial charge in [-0.2, -0.15) is 0 Å². The topological polar surface area (TPSA) is 129 Å². The number of aromatic nitrogens is 3. The molecule has 4 heterocycles. The Labute approximate surface area is 230 Å². The molecule has 1 spiro atoms. The maximum Gasteiger partial charge on any atom is 0.245 e. The molecule has 3 aliphatic heterocycles. The van der Waals surface area contributed by atoms with Gasteiger partial charge in [0.25, 0.3) is 0 Å². The van der Waals surface area contributed by atoms with Crippen molar-refractivity contribution < 1.29 is 19.5 Å². The highest BCUT2D eigenvalue weighted by Crippen LogP contribution is 2.68. The number of nitrogens with one attached hydrogen (secondary N) is 2. The van der Waals surface area contributed by atoms with Crippen molar-refractivity contribution in [3.05, 3.63) is 54.6 Å². The van der Waals surface area contributed by atoms with Crippen LogP contribution in [0, 0.1) is 17.8 Å². The smallest absolute Gasteiger partial charge is 0.245 e. The number of para-hydroxylation sites is 2. The lowest BCUT2D eigenvalue weighted by atomic mass is 9.66. The number of thioether (sulfide) groups is 1. The maximum absolute atomic E-state index is 14.2. The normalized spacial score (nSPS) is 30.0. The van der Waals surface area contributed by atoms with Crippen LogP contribution < -0.4 is 10.6 Å². The number of carbonyl (C=O) groups is 3. The number of aliphatic hydroxyl groups is 1. The van der Waals surface area contributed by atoms with Gasteiger partial charge in [0.15, 0.2) is 0 Å². The minimum Gasteiger partial charge on any atom is -0.394 e. The summed E-state index contributed by atoms with van der Waals surface area (Å²) in [5.41, 5.74) is 2.19. The van der Waals surface area contributed by atoms with Crippen molar-refractivity contribution in [2.45, 2.75) is 55.4 Å². The molecule has 0 saturated carbocycles. The van der Waals surface area contributed by atoms with Gasteiger partial charge in [-0.1, -0.05) is 49.4 Å². The van der Waals surface area contributed by atoms with E-state index in [0.29, 0.717) is 12.1 Å². The number of rotatable bonds is 8. The Morgan fingerprint density at radius 2 is 1.90 bits per heavy atom. The van der Waals surface area contributed by atoms with Crippen molar-refractivity contribution in [3.8, 4) is 0 Å². The van der Waals surface area contributed by atoms with Crippen LogP contribution >= 0.6 is 11.8 Å². The quantitative estimate of drug-likeness (QED) is 0.394. The van der Waals surface area contributed by atoms with Gasteiger partial charge in [-0.15, -0.1) is 16.9 Å². The Bertz CT molecular complexity index is 1410. The highest BCUT2D eigenvalue weighted by Gasteiger charge is 2.76. The summed E-state index contributed by atoms with van der Waals surface area (Å²) >= 11 is 1.61. The lowest BCUT2D eigenvalue weighted by Gasteiger charge is -2.40. The molecule has 3 N–H and O–H groups in total.